The van der Waals surface area contributed by atoms with Gasteiger partial charge in [-0.25, -0.2) is 0 Å². The molecule has 0 bridgehead atoms. The lowest BCUT2D eigenvalue weighted by Gasteiger charge is -2.49. The summed E-state index contributed by atoms with van der Waals surface area (Å²) < 4.78 is 0. The molecule has 110 valence electrons. The van der Waals surface area contributed by atoms with Gasteiger partial charge in [0.25, 0.3) is 0 Å². The molecule has 2 atom stereocenters. The Morgan fingerprint density at radius 3 is 2.68 bits per heavy atom. The maximum absolute atomic E-state index is 5.88. The van der Waals surface area contributed by atoms with E-state index in [0.29, 0.717) is 11.6 Å². The molecule has 1 aliphatic carbocycles. The molecule has 0 aromatic heterocycles. The van der Waals surface area contributed by atoms with Crippen molar-refractivity contribution < 1.29 is 0 Å². The van der Waals surface area contributed by atoms with E-state index in [1.54, 1.807) is 5.54 Å². The van der Waals surface area contributed by atoms with Crippen LogP contribution in [-0.4, -0.2) is 36.1 Å². The number of hydrogen-bond donors (Lipinski definition) is 1. The molecule has 1 N–H and O–H groups in total. The van der Waals surface area contributed by atoms with Crippen molar-refractivity contribution in [2.75, 3.05) is 19.6 Å². The summed E-state index contributed by atoms with van der Waals surface area (Å²) in [4.78, 5) is 2.68. The standard InChI is InChI=1S/C16H29ClN2/c1-12(2)7-15-10-19(9-13(3)8-17)16(4,11-18-15)14-5-6-14/h8,12,14-15,18H,5-7,9-11H2,1-4H3. The maximum Gasteiger partial charge on any atom is 0.0338 e. The van der Waals surface area contributed by atoms with Crippen LogP contribution in [0, 0.1) is 11.8 Å². The predicted molar refractivity (Wildman–Crippen MR) is 83.6 cm³/mol. The fraction of sp³-hybridized carbons (Fsp3) is 0.875. The van der Waals surface area contributed by atoms with Crippen molar-refractivity contribution in [3.05, 3.63) is 11.1 Å². The predicted octanol–water partition coefficient (Wildman–Crippen LogP) is 3.62. The third-order valence-electron chi connectivity index (χ3n) is 4.75. The fourth-order valence-corrected chi connectivity index (χ4v) is 3.49. The van der Waals surface area contributed by atoms with Crippen molar-refractivity contribution in [1.29, 1.82) is 0 Å². The Morgan fingerprint density at radius 1 is 1.47 bits per heavy atom. The highest BCUT2D eigenvalue weighted by Gasteiger charge is 2.48. The van der Waals surface area contributed by atoms with Crippen molar-refractivity contribution in [1.82, 2.24) is 10.2 Å². The van der Waals surface area contributed by atoms with Gasteiger partial charge in [0.15, 0.2) is 0 Å². The molecule has 0 radical (unpaired) electrons. The third-order valence-corrected chi connectivity index (χ3v) is 5.12. The number of nitrogens with one attached hydrogen (secondary N) is 1. The molecule has 2 aliphatic rings. The Kier molecular flexibility index (Phi) is 4.97. The monoisotopic (exact) mass is 284 g/mol. The fourth-order valence-electron chi connectivity index (χ4n) is 3.42. The van der Waals surface area contributed by atoms with E-state index in [0.717, 1.165) is 31.5 Å². The molecule has 1 saturated carbocycles. The van der Waals surface area contributed by atoms with Crippen molar-refractivity contribution in [3.8, 4) is 0 Å². The van der Waals surface area contributed by atoms with Gasteiger partial charge in [0, 0.05) is 36.8 Å². The second kappa shape index (κ2) is 6.15. The van der Waals surface area contributed by atoms with E-state index in [1.165, 1.54) is 24.8 Å². The molecule has 1 saturated heterocycles. The van der Waals surface area contributed by atoms with E-state index in [4.69, 9.17) is 11.6 Å². The molecule has 0 amide bonds. The van der Waals surface area contributed by atoms with Crippen molar-refractivity contribution >= 4 is 11.6 Å². The van der Waals surface area contributed by atoms with Gasteiger partial charge in [-0.05, 0) is 50.5 Å². The molecule has 2 rings (SSSR count). The van der Waals surface area contributed by atoms with E-state index in [9.17, 15) is 0 Å². The number of hydrogen-bond acceptors (Lipinski definition) is 2. The third kappa shape index (κ3) is 3.74. The summed E-state index contributed by atoms with van der Waals surface area (Å²) in [6.45, 7) is 12.5. The summed E-state index contributed by atoms with van der Waals surface area (Å²) in [5.41, 5.74) is 3.35. The summed E-state index contributed by atoms with van der Waals surface area (Å²) in [5, 5.41) is 3.79. The minimum Gasteiger partial charge on any atom is -0.311 e. The molecule has 1 heterocycles. The highest BCUT2D eigenvalue weighted by atomic mass is 35.5. The zero-order chi connectivity index (χ0) is 14.0. The number of rotatable bonds is 5. The number of piperazine rings is 1. The van der Waals surface area contributed by atoms with E-state index in [-0.39, 0.29) is 0 Å². The number of halogens is 1. The Bertz CT molecular complexity index is 336. The molecule has 2 nitrogen and oxygen atoms in total. The second-order valence-corrected chi connectivity index (χ2v) is 7.39. The van der Waals surface area contributed by atoms with Crippen LogP contribution in [0.1, 0.15) is 47.0 Å². The first-order chi connectivity index (χ1) is 8.95. The minimum atomic E-state index is 0.328. The lowest BCUT2D eigenvalue weighted by molar-refractivity contribution is 0.0392. The topological polar surface area (TPSA) is 15.3 Å². The first kappa shape index (κ1) is 15.3. The normalized spacial score (nSPS) is 34.0. The summed E-state index contributed by atoms with van der Waals surface area (Å²) in [6, 6.07) is 0.634. The molecule has 0 aromatic rings. The Balaban J connectivity index is 2.05. The molecule has 1 aliphatic heterocycles. The van der Waals surface area contributed by atoms with Gasteiger partial charge in [-0.3, -0.25) is 4.90 Å². The molecule has 0 aromatic carbocycles. The van der Waals surface area contributed by atoms with Crippen LogP contribution < -0.4 is 5.32 Å². The summed E-state index contributed by atoms with van der Waals surface area (Å²) in [5.74, 6) is 1.64. The van der Waals surface area contributed by atoms with Crippen LogP contribution in [0.4, 0.5) is 0 Å². The second-order valence-electron chi connectivity index (χ2n) is 7.17. The number of nitrogens with zero attached hydrogens (tertiary/aromatic N) is 1. The first-order valence-corrected chi connectivity index (χ1v) is 8.13. The van der Waals surface area contributed by atoms with Gasteiger partial charge in [0.1, 0.15) is 0 Å². The van der Waals surface area contributed by atoms with E-state index >= 15 is 0 Å². The van der Waals surface area contributed by atoms with Crippen molar-refractivity contribution in [2.24, 2.45) is 11.8 Å². The largest absolute Gasteiger partial charge is 0.311 e. The molecule has 2 fully saturated rings. The van der Waals surface area contributed by atoms with Crippen LogP contribution in [0.3, 0.4) is 0 Å². The molecule has 19 heavy (non-hydrogen) atoms. The minimum absolute atomic E-state index is 0.328. The van der Waals surface area contributed by atoms with Gasteiger partial charge in [0.05, 0.1) is 0 Å². The average Bonchev–Trinajstić information content (AvgIpc) is 3.17. The Labute approximate surface area is 123 Å². The highest BCUT2D eigenvalue weighted by Crippen LogP contribution is 2.44. The van der Waals surface area contributed by atoms with Crippen molar-refractivity contribution in [2.45, 2.75) is 58.5 Å². The quantitative estimate of drug-likeness (QED) is 0.830. The highest BCUT2D eigenvalue weighted by molar-refractivity contribution is 6.25. The zero-order valence-corrected chi connectivity index (χ0v) is 13.6. The lowest BCUT2D eigenvalue weighted by atomic mass is 9.87. The maximum atomic E-state index is 5.88. The van der Waals surface area contributed by atoms with E-state index in [1.807, 2.05) is 0 Å². The average molecular weight is 285 g/mol. The summed E-state index contributed by atoms with van der Waals surface area (Å²) in [7, 11) is 0. The summed E-state index contributed by atoms with van der Waals surface area (Å²) in [6.07, 6.45) is 4.06. The van der Waals surface area contributed by atoms with Gasteiger partial charge >= 0.3 is 0 Å². The molecule has 2 unspecified atom stereocenters. The smallest absolute Gasteiger partial charge is 0.0338 e. The van der Waals surface area contributed by atoms with Crippen LogP contribution in [-0.2, 0) is 0 Å². The zero-order valence-electron chi connectivity index (χ0n) is 12.9. The molecular formula is C16H29ClN2. The van der Waals surface area contributed by atoms with Crippen LogP contribution in [0.15, 0.2) is 11.1 Å². The van der Waals surface area contributed by atoms with Crippen LogP contribution >= 0.6 is 11.6 Å². The van der Waals surface area contributed by atoms with Gasteiger partial charge < -0.3 is 5.32 Å². The Morgan fingerprint density at radius 2 is 2.16 bits per heavy atom. The SMILES string of the molecule is CC(=CCl)CN1CC(CC(C)C)NCC1(C)C1CC1. The van der Waals surface area contributed by atoms with Crippen LogP contribution in [0.25, 0.3) is 0 Å². The van der Waals surface area contributed by atoms with Crippen LogP contribution in [0.5, 0.6) is 0 Å². The van der Waals surface area contributed by atoms with Crippen LogP contribution in [0.2, 0.25) is 0 Å². The van der Waals surface area contributed by atoms with Gasteiger partial charge in [-0.1, -0.05) is 25.4 Å². The lowest BCUT2D eigenvalue weighted by Crippen LogP contribution is -2.64. The van der Waals surface area contributed by atoms with E-state index < -0.39 is 0 Å². The van der Waals surface area contributed by atoms with E-state index in [2.05, 4.69) is 37.9 Å². The summed E-state index contributed by atoms with van der Waals surface area (Å²) >= 11 is 5.88. The van der Waals surface area contributed by atoms with Crippen molar-refractivity contribution in [3.63, 3.8) is 0 Å². The molecule has 0 spiro atoms. The Hall–Kier alpha value is -0.0500. The van der Waals surface area contributed by atoms with Gasteiger partial charge in [0.2, 0.25) is 0 Å². The van der Waals surface area contributed by atoms with Gasteiger partial charge in [-0.2, -0.15) is 0 Å². The first-order valence-electron chi connectivity index (χ1n) is 7.70. The van der Waals surface area contributed by atoms with Gasteiger partial charge in [-0.15, -0.1) is 0 Å². The molecular weight excluding hydrogens is 256 g/mol. The molecule has 3 heteroatoms.